The Morgan fingerprint density at radius 3 is 2.85 bits per heavy atom. The first-order valence-corrected chi connectivity index (χ1v) is 8.34. The van der Waals surface area contributed by atoms with E-state index >= 15 is 0 Å². The lowest BCUT2D eigenvalue weighted by molar-refractivity contribution is 0.0959. The molecule has 1 amide bonds. The van der Waals surface area contributed by atoms with Crippen molar-refractivity contribution in [3.8, 4) is 0 Å². The average Bonchev–Trinajstić information content (AvgIpc) is 2.87. The quantitative estimate of drug-likeness (QED) is 0.826. The third kappa shape index (κ3) is 2.71. The van der Waals surface area contributed by atoms with Gasteiger partial charge in [0.15, 0.2) is 0 Å². The van der Waals surface area contributed by atoms with E-state index in [-0.39, 0.29) is 5.91 Å². The number of rotatable bonds is 3. The summed E-state index contributed by atoms with van der Waals surface area (Å²) in [6.07, 6.45) is 4.27. The molecule has 7 nitrogen and oxygen atoms in total. The molecule has 2 rings (SSSR count). The zero-order valence-corrected chi connectivity index (χ0v) is 12.7. The van der Waals surface area contributed by atoms with Crippen molar-refractivity contribution in [3.63, 3.8) is 0 Å². The van der Waals surface area contributed by atoms with Gasteiger partial charge >= 0.3 is 0 Å². The van der Waals surface area contributed by atoms with E-state index in [4.69, 9.17) is 0 Å². The Morgan fingerprint density at radius 2 is 2.25 bits per heavy atom. The fraction of sp³-hybridized carbons (Fsp3) is 0.667. The molecule has 1 aliphatic heterocycles. The predicted octanol–water partition coefficient (Wildman–Crippen LogP) is 0.0824. The van der Waals surface area contributed by atoms with Crippen LogP contribution in [0.2, 0.25) is 0 Å². The average molecular weight is 300 g/mol. The van der Waals surface area contributed by atoms with Crippen LogP contribution in [-0.4, -0.2) is 55.2 Å². The second kappa shape index (κ2) is 5.17. The lowest BCUT2D eigenvalue weighted by atomic mass is 9.78. The molecule has 0 radical (unpaired) electrons. The third-order valence-corrected chi connectivity index (χ3v) is 5.09. The van der Waals surface area contributed by atoms with Crippen LogP contribution >= 0.6 is 0 Å². The number of carbonyl (C=O) groups is 1. The smallest absolute Gasteiger partial charge is 0.254 e. The van der Waals surface area contributed by atoms with Crippen molar-refractivity contribution in [1.82, 2.24) is 19.8 Å². The summed E-state index contributed by atoms with van der Waals surface area (Å²) in [5, 5.41) is 9.39. The van der Waals surface area contributed by atoms with E-state index in [9.17, 15) is 13.2 Å². The normalized spacial score (nSPS) is 24.6. The van der Waals surface area contributed by atoms with Gasteiger partial charge < -0.3 is 5.32 Å². The third-order valence-electron chi connectivity index (χ3n) is 3.84. The number of hydrogen-bond acceptors (Lipinski definition) is 4. The highest BCUT2D eigenvalue weighted by Gasteiger charge is 2.39. The van der Waals surface area contributed by atoms with Gasteiger partial charge in [-0.3, -0.25) is 9.89 Å². The monoisotopic (exact) mass is 300 g/mol. The Hall–Kier alpha value is -1.41. The summed E-state index contributed by atoms with van der Waals surface area (Å²) in [6, 6.07) is 0. The summed E-state index contributed by atoms with van der Waals surface area (Å²) in [6.45, 7) is 2.85. The fourth-order valence-electron chi connectivity index (χ4n) is 2.73. The van der Waals surface area contributed by atoms with Crippen molar-refractivity contribution >= 4 is 15.9 Å². The highest BCUT2D eigenvalue weighted by Crippen LogP contribution is 2.35. The number of carbonyl (C=O) groups excluding carboxylic acids is 1. The molecule has 0 aliphatic carbocycles. The highest BCUT2D eigenvalue weighted by molar-refractivity contribution is 7.88. The minimum Gasteiger partial charge on any atom is -0.355 e. The van der Waals surface area contributed by atoms with Gasteiger partial charge in [0.25, 0.3) is 5.91 Å². The van der Waals surface area contributed by atoms with Gasteiger partial charge in [-0.2, -0.15) is 5.10 Å². The van der Waals surface area contributed by atoms with Gasteiger partial charge in [-0.05, 0) is 12.8 Å². The van der Waals surface area contributed by atoms with E-state index in [1.165, 1.54) is 16.8 Å². The van der Waals surface area contributed by atoms with Crippen molar-refractivity contribution in [2.75, 3.05) is 26.4 Å². The number of amides is 1. The summed E-state index contributed by atoms with van der Waals surface area (Å²) >= 11 is 0. The molecule has 2 N–H and O–H groups in total. The molecule has 0 saturated carbocycles. The van der Waals surface area contributed by atoms with E-state index in [2.05, 4.69) is 15.5 Å². The van der Waals surface area contributed by atoms with Gasteiger partial charge in [-0.25, -0.2) is 12.7 Å². The first-order chi connectivity index (χ1) is 9.28. The van der Waals surface area contributed by atoms with E-state index in [1.54, 1.807) is 7.05 Å². The van der Waals surface area contributed by atoms with Gasteiger partial charge in [0.05, 0.1) is 23.7 Å². The molecule has 1 saturated heterocycles. The maximum absolute atomic E-state index is 11.9. The predicted molar refractivity (Wildman–Crippen MR) is 75.0 cm³/mol. The molecule has 2 heterocycles. The number of H-pyrrole nitrogens is 1. The maximum Gasteiger partial charge on any atom is 0.254 e. The highest BCUT2D eigenvalue weighted by atomic mass is 32.2. The number of aromatic amines is 1. The molecule has 1 aliphatic rings. The van der Waals surface area contributed by atoms with Gasteiger partial charge in [-0.1, -0.05) is 6.92 Å². The van der Waals surface area contributed by atoms with Crippen LogP contribution < -0.4 is 5.32 Å². The maximum atomic E-state index is 11.9. The summed E-state index contributed by atoms with van der Waals surface area (Å²) in [5.41, 5.74) is 0.746. The Kier molecular flexibility index (Phi) is 3.88. The van der Waals surface area contributed by atoms with Crippen LogP contribution in [-0.2, 0) is 15.4 Å². The molecule has 20 heavy (non-hydrogen) atoms. The molecule has 1 aromatic heterocycles. The van der Waals surface area contributed by atoms with Crippen LogP contribution in [0, 0.1) is 0 Å². The Labute approximate surface area is 118 Å². The molecule has 1 aromatic rings. The van der Waals surface area contributed by atoms with Gasteiger partial charge in [0.1, 0.15) is 0 Å². The summed E-state index contributed by atoms with van der Waals surface area (Å²) in [4.78, 5) is 11.9. The number of aromatic nitrogens is 2. The van der Waals surface area contributed by atoms with E-state index in [1.807, 2.05) is 6.92 Å². The standard InChI is InChI=1S/C12H20N4O3S/c1-12(5-4-6-16(8-12)20(3,18)19)10-9(7-14-15-10)11(17)13-2/h7H,4-6,8H2,1-3H3,(H,13,17)(H,14,15). The van der Waals surface area contributed by atoms with Crippen LogP contribution in [0.5, 0.6) is 0 Å². The van der Waals surface area contributed by atoms with Gasteiger partial charge in [-0.15, -0.1) is 0 Å². The lowest BCUT2D eigenvalue weighted by Crippen LogP contribution is -2.47. The summed E-state index contributed by atoms with van der Waals surface area (Å²) in [5.74, 6) is -0.216. The molecule has 0 aromatic carbocycles. The number of nitrogens with zero attached hydrogens (tertiary/aromatic N) is 2. The van der Waals surface area contributed by atoms with Crippen LogP contribution in [0.25, 0.3) is 0 Å². The molecule has 112 valence electrons. The Morgan fingerprint density at radius 1 is 1.55 bits per heavy atom. The zero-order valence-electron chi connectivity index (χ0n) is 11.9. The number of piperidine rings is 1. The van der Waals surface area contributed by atoms with E-state index in [0.717, 1.165) is 12.8 Å². The van der Waals surface area contributed by atoms with Crippen molar-refractivity contribution < 1.29 is 13.2 Å². The molecule has 1 atom stereocenters. The second-order valence-electron chi connectivity index (χ2n) is 5.50. The van der Waals surface area contributed by atoms with Crippen molar-refractivity contribution in [2.45, 2.75) is 25.2 Å². The molecular formula is C12H20N4O3S. The van der Waals surface area contributed by atoms with E-state index in [0.29, 0.717) is 24.3 Å². The minimum atomic E-state index is -3.23. The first-order valence-electron chi connectivity index (χ1n) is 6.49. The number of hydrogen-bond donors (Lipinski definition) is 2. The summed E-state index contributed by atoms with van der Waals surface area (Å²) < 4.78 is 24.9. The number of nitrogens with one attached hydrogen (secondary N) is 2. The second-order valence-corrected chi connectivity index (χ2v) is 7.48. The van der Waals surface area contributed by atoms with E-state index < -0.39 is 15.4 Å². The molecule has 8 heteroatoms. The van der Waals surface area contributed by atoms with Crippen LogP contribution in [0.3, 0.4) is 0 Å². The Balaban J connectivity index is 2.36. The molecule has 0 spiro atoms. The molecular weight excluding hydrogens is 280 g/mol. The van der Waals surface area contributed by atoms with Gasteiger partial charge in [0.2, 0.25) is 10.0 Å². The molecule has 1 unspecified atom stereocenters. The minimum absolute atomic E-state index is 0.216. The van der Waals surface area contributed by atoms with Crippen molar-refractivity contribution in [3.05, 3.63) is 17.5 Å². The number of sulfonamides is 1. The molecule has 0 bridgehead atoms. The topological polar surface area (TPSA) is 95.2 Å². The Bertz CT molecular complexity index is 610. The zero-order chi connectivity index (χ0) is 15.0. The first kappa shape index (κ1) is 15.0. The van der Waals surface area contributed by atoms with Gasteiger partial charge in [0, 0.05) is 25.6 Å². The molecule has 1 fully saturated rings. The largest absolute Gasteiger partial charge is 0.355 e. The van der Waals surface area contributed by atoms with Crippen LogP contribution in [0.15, 0.2) is 6.20 Å². The van der Waals surface area contributed by atoms with Crippen molar-refractivity contribution in [1.29, 1.82) is 0 Å². The van der Waals surface area contributed by atoms with Crippen molar-refractivity contribution in [2.24, 2.45) is 0 Å². The SMILES string of the molecule is CNC(=O)c1cn[nH]c1C1(C)CCCN(S(C)(=O)=O)C1. The van der Waals surface area contributed by atoms with Crippen LogP contribution in [0.1, 0.15) is 35.8 Å². The summed E-state index contributed by atoms with van der Waals surface area (Å²) in [7, 11) is -1.67. The van der Waals surface area contributed by atoms with Crippen LogP contribution in [0.4, 0.5) is 0 Å². The fourth-order valence-corrected chi connectivity index (χ4v) is 3.71. The lowest BCUT2D eigenvalue weighted by Gasteiger charge is -2.38.